The van der Waals surface area contributed by atoms with Gasteiger partial charge < -0.3 is 11.1 Å². The second-order valence-corrected chi connectivity index (χ2v) is 6.86. The first-order valence-electron chi connectivity index (χ1n) is 7.48. The number of nitrogens with one attached hydrogen (secondary N) is 1. The predicted molar refractivity (Wildman–Crippen MR) is 94.6 cm³/mol. The first kappa shape index (κ1) is 14.4. The maximum Gasteiger partial charge on any atom is 0.166 e. The molecule has 3 rings (SSSR count). The lowest BCUT2D eigenvalue weighted by atomic mass is 10.1. The van der Waals surface area contributed by atoms with E-state index >= 15 is 0 Å². The van der Waals surface area contributed by atoms with Crippen molar-refractivity contribution in [2.24, 2.45) is 10.7 Å². The summed E-state index contributed by atoms with van der Waals surface area (Å²) in [5, 5.41) is 7.17. The highest BCUT2D eigenvalue weighted by molar-refractivity contribution is 8.14. The summed E-state index contributed by atoms with van der Waals surface area (Å²) >= 11 is 1.73. The highest BCUT2D eigenvalue weighted by Crippen LogP contribution is 2.37. The molecule has 0 spiro atoms. The number of rotatable bonds is 4. The number of anilines is 1. The van der Waals surface area contributed by atoms with Gasteiger partial charge in [-0.15, -0.1) is 0 Å². The molecule has 0 aromatic heterocycles. The van der Waals surface area contributed by atoms with Crippen LogP contribution in [-0.4, -0.2) is 16.5 Å². The number of aliphatic imine (C=N–C) groups is 1. The van der Waals surface area contributed by atoms with Crippen LogP contribution in [-0.2, 0) is 0 Å². The van der Waals surface area contributed by atoms with Gasteiger partial charge in [0.1, 0.15) is 0 Å². The van der Waals surface area contributed by atoms with Gasteiger partial charge in [-0.05, 0) is 23.9 Å². The fourth-order valence-electron chi connectivity index (χ4n) is 2.66. The first-order chi connectivity index (χ1) is 10.2. The highest BCUT2D eigenvalue weighted by atomic mass is 32.2. The lowest BCUT2D eigenvalue weighted by Gasteiger charge is -2.23. The number of hydrogen-bond donors (Lipinski definition) is 2. The van der Waals surface area contributed by atoms with Gasteiger partial charge in [-0.25, -0.2) is 4.99 Å². The summed E-state index contributed by atoms with van der Waals surface area (Å²) in [5.41, 5.74) is 8.39. The van der Waals surface area contributed by atoms with Crippen LogP contribution in [0.4, 0.5) is 11.4 Å². The summed E-state index contributed by atoms with van der Waals surface area (Å²) in [7, 11) is 0. The minimum Gasteiger partial charge on any atom is -0.334 e. The van der Waals surface area contributed by atoms with E-state index < -0.39 is 0 Å². The molecule has 1 aliphatic rings. The van der Waals surface area contributed by atoms with Crippen molar-refractivity contribution in [3.05, 3.63) is 36.4 Å². The average Bonchev–Trinajstić information content (AvgIpc) is 2.48. The molecule has 0 bridgehead atoms. The standard InChI is InChI=1S/C17H21N3S/c1-3-6-13(18)11(2)21-17-19-14-9-4-7-12-8-5-10-15(20-17)16(12)14/h4-5,7-11,13H,3,6,18H2,1-2H3,(H,19,20). The third kappa shape index (κ3) is 2.92. The third-order valence-electron chi connectivity index (χ3n) is 3.87. The monoisotopic (exact) mass is 299 g/mol. The Kier molecular flexibility index (Phi) is 4.17. The normalized spacial score (nSPS) is 16.2. The van der Waals surface area contributed by atoms with Crippen molar-refractivity contribution in [2.45, 2.75) is 38.0 Å². The number of amidine groups is 1. The lowest BCUT2D eigenvalue weighted by Crippen LogP contribution is -2.32. The van der Waals surface area contributed by atoms with Crippen LogP contribution in [0.25, 0.3) is 10.8 Å². The molecule has 21 heavy (non-hydrogen) atoms. The molecule has 110 valence electrons. The molecule has 0 amide bonds. The fourth-order valence-corrected chi connectivity index (χ4v) is 3.64. The van der Waals surface area contributed by atoms with E-state index in [0.717, 1.165) is 29.4 Å². The summed E-state index contributed by atoms with van der Waals surface area (Å²) in [6, 6.07) is 12.8. The van der Waals surface area contributed by atoms with E-state index in [1.54, 1.807) is 11.8 Å². The number of hydrogen-bond acceptors (Lipinski definition) is 4. The molecule has 3 nitrogen and oxygen atoms in total. The van der Waals surface area contributed by atoms with Gasteiger partial charge in [0.25, 0.3) is 0 Å². The highest BCUT2D eigenvalue weighted by Gasteiger charge is 2.19. The molecule has 0 saturated carbocycles. The summed E-state index contributed by atoms with van der Waals surface area (Å²) in [6.45, 7) is 4.35. The lowest BCUT2D eigenvalue weighted by molar-refractivity contribution is 0.599. The Morgan fingerprint density at radius 3 is 2.76 bits per heavy atom. The van der Waals surface area contributed by atoms with Gasteiger partial charge in [0.2, 0.25) is 0 Å². The molecule has 2 unspecified atom stereocenters. The Morgan fingerprint density at radius 2 is 2.00 bits per heavy atom. The Bertz CT molecular complexity index is 676. The summed E-state index contributed by atoms with van der Waals surface area (Å²) in [4.78, 5) is 4.76. The van der Waals surface area contributed by atoms with E-state index in [1.165, 1.54) is 10.8 Å². The van der Waals surface area contributed by atoms with Crippen molar-refractivity contribution in [1.82, 2.24) is 0 Å². The van der Waals surface area contributed by atoms with Crippen LogP contribution in [0.3, 0.4) is 0 Å². The van der Waals surface area contributed by atoms with Gasteiger partial charge in [-0.1, -0.05) is 56.3 Å². The summed E-state index contributed by atoms with van der Waals surface area (Å²) < 4.78 is 0. The number of nitrogens with zero attached hydrogens (tertiary/aromatic N) is 1. The minimum atomic E-state index is 0.206. The van der Waals surface area contributed by atoms with Gasteiger partial charge in [-0.3, -0.25) is 0 Å². The molecule has 1 heterocycles. The Labute approximate surface area is 130 Å². The van der Waals surface area contributed by atoms with Crippen LogP contribution in [0.5, 0.6) is 0 Å². The van der Waals surface area contributed by atoms with E-state index in [9.17, 15) is 0 Å². The van der Waals surface area contributed by atoms with Crippen molar-refractivity contribution in [2.75, 3.05) is 5.32 Å². The van der Waals surface area contributed by atoms with Gasteiger partial charge in [0.05, 0.1) is 11.4 Å². The van der Waals surface area contributed by atoms with E-state index in [1.807, 2.05) is 0 Å². The number of benzene rings is 2. The van der Waals surface area contributed by atoms with Crippen molar-refractivity contribution in [3.8, 4) is 0 Å². The number of nitrogens with two attached hydrogens (primary N) is 1. The Morgan fingerprint density at radius 1 is 1.24 bits per heavy atom. The zero-order valence-electron chi connectivity index (χ0n) is 12.5. The van der Waals surface area contributed by atoms with Crippen LogP contribution >= 0.6 is 11.8 Å². The second kappa shape index (κ2) is 6.08. The van der Waals surface area contributed by atoms with E-state index in [4.69, 9.17) is 10.7 Å². The molecule has 2 aromatic rings. The molecular weight excluding hydrogens is 278 g/mol. The van der Waals surface area contributed by atoms with Crippen molar-refractivity contribution < 1.29 is 0 Å². The molecule has 2 aromatic carbocycles. The molecule has 2 atom stereocenters. The van der Waals surface area contributed by atoms with Crippen LogP contribution in [0.15, 0.2) is 41.4 Å². The van der Waals surface area contributed by atoms with E-state index in [-0.39, 0.29) is 6.04 Å². The van der Waals surface area contributed by atoms with Crippen LogP contribution in [0, 0.1) is 0 Å². The fraction of sp³-hybridized carbons (Fsp3) is 0.353. The van der Waals surface area contributed by atoms with Gasteiger partial charge >= 0.3 is 0 Å². The largest absolute Gasteiger partial charge is 0.334 e. The van der Waals surface area contributed by atoms with E-state index in [0.29, 0.717) is 5.25 Å². The third-order valence-corrected chi connectivity index (χ3v) is 5.01. The molecule has 3 N–H and O–H groups in total. The smallest absolute Gasteiger partial charge is 0.166 e. The number of thioether (sulfide) groups is 1. The maximum atomic E-state index is 6.21. The predicted octanol–water partition coefficient (Wildman–Crippen LogP) is 4.50. The van der Waals surface area contributed by atoms with Gasteiger partial charge in [0.15, 0.2) is 5.17 Å². The van der Waals surface area contributed by atoms with Crippen LogP contribution in [0.1, 0.15) is 26.7 Å². The van der Waals surface area contributed by atoms with Crippen molar-refractivity contribution in [3.63, 3.8) is 0 Å². The molecule has 0 radical (unpaired) electrons. The minimum absolute atomic E-state index is 0.206. The van der Waals surface area contributed by atoms with E-state index in [2.05, 4.69) is 55.6 Å². The van der Waals surface area contributed by atoms with Crippen molar-refractivity contribution >= 4 is 39.1 Å². The quantitative estimate of drug-likeness (QED) is 0.873. The summed E-state index contributed by atoms with van der Waals surface area (Å²) in [6.07, 6.45) is 2.17. The second-order valence-electron chi connectivity index (χ2n) is 5.50. The van der Waals surface area contributed by atoms with Gasteiger partial charge in [0, 0.05) is 16.7 Å². The zero-order chi connectivity index (χ0) is 14.8. The molecule has 0 saturated heterocycles. The molecule has 0 fully saturated rings. The van der Waals surface area contributed by atoms with Gasteiger partial charge in [-0.2, -0.15) is 0 Å². The van der Waals surface area contributed by atoms with Crippen molar-refractivity contribution in [1.29, 1.82) is 0 Å². The first-order valence-corrected chi connectivity index (χ1v) is 8.36. The topological polar surface area (TPSA) is 50.4 Å². The molecular formula is C17H21N3S. The van der Waals surface area contributed by atoms with Crippen LogP contribution < -0.4 is 11.1 Å². The Hall–Kier alpha value is -1.52. The SMILES string of the molecule is CCCC(N)C(C)SC1=Nc2cccc3cccc(c23)N1. The molecule has 0 aliphatic carbocycles. The maximum absolute atomic E-state index is 6.21. The van der Waals surface area contributed by atoms with Crippen LogP contribution in [0.2, 0.25) is 0 Å². The molecule has 4 heteroatoms. The summed E-state index contributed by atoms with van der Waals surface area (Å²) in [5.74, 6) is 0. The zero-order valence-corrected chi connectivity index (χ0v) is 13.3. The molecule has 1 aliphatic heterocycles. The Balaban J connectivity index is 1.87. The average molecular weight is 299 g/mol.